The first-order valence-electron chi connectivity index (χ1n) is 7.95. The Labute approximate surface area is 145 Å². The average Bonchev–Trinajstić information content (AvgIpc) is 2.86. The maximum Gasteiger partial charge on any atom is 0.272 e. The van der Waals surface area contributed by atoms with Crippen LogP contribution in [-0.2, 0) is 0 Å². The van der Waals surface area contributed by atoms with Crippen LogP contribution in [0.25, 0.3) is 0 Å². The van der Waals surface area contributed by atoms with E-state index >= 15 is 0 Å². The van der Waals surface area contributed by atoms with Crippen molar-refractivity contribution in [3.8, 4) is 0 Å². The van der Waals surface area contributed by atoms with Crippen LogP contribution in [-0.4, -0.2) is 63.4 Å². The van der Waals surface area contributed by atoms with Gasteiger partial charge in [-0.15, -0.1) is 0 Å². The zero-order valence-corrected chi connectivity index (χ0v) is 14.9. The molecule has 0 radical (unpaired) electrons. The summed E-state index contributed by atoms with van der Waals surface area (Å²) in [6, 6.07) is 1.74. The Morgan fingerprint density at radius 2 is 2.00 bits per heavy atom. The Kier molecular flexibility index (Phi) is 4.89. The molecule has 1 aliphatic rings. The van der Waals surface area contributed by atoms with Crippen molar-refractivity contribution >= 4 is 28.5 Å². The monoisotopic (exact) mass is 347 g/mol. The Balaban J connectivity index is 1.71. The van der Waals surface area contributed by atoms with E-state index in [0.717, 1.165) is 36.2 Å². The minimum atomic E-state index is -0.0488. The molecule has 2 aromatic heterocycles. The van der Waals surface area contributed by atoms with E-state index in [9.17, 15) is 4.79 Å². The molecule has 3 rings (SSSR count). The number of rotatable bonds is 3. The summed E-state index contributed by atoms with van der Waals surface area (Å²) >= 11 is 1.41. The first kappa shape index (κ1) is 16.6. The van der Waals surface area contributed by atoms with E-state index in [1.807, 2.05) is 18.7 Å². The Morgan fingerprint density at radius 3 is 2.71 bits per heavy atom. The quantitative estimate of drug-likeness (QED) is 0.896. The van der Waals surface area contributed by atoms with E-state index in [2.05, 4.69) is 29.5 Å². The third-order valence-corrected chi connectivity index (χ3v) is 4.74. The number of carbonyl (C=O) groups excluding carboxylic acids is 1. The molecule has 9 heteroatoms. The van der Waals surface area contributed by atoms with Crippen molar-refractivity contribution in [2.45, 2.75) is 20.3 Å². The SMILES string of the molecule is CNc1nc(C)cc(C(=O)N2CCCN(c3nc(C)ns3)CC2)n1. The van der Waals surface area contributed by atoms with Gasteiger partial charge in [-0.1, -0.05) is 0 Å². The van der Waals surface area contributed by atoms with Gasteiger partial charge < -0.3 is 15.1 Å². The number of amides is 1. The molecule has 0 spiro atoms. The molecule has 0 atom stereocenters. The minimum Gasteiger partial charge on any atom is -0.357 e. The van der Waals surface area contributed by atoms with Crippen LogP contribution < -0.4 is 10.2 Å². The maximum absolute atomic E-state index is 12.8. The molecule has 1 N–H and O–H groups in total. The second-order valence-corrected chi connectivity index (χ2v) is 6.46. The van der Waals surface area contributed by atoms with E-state index in [4.69, 9.17) is 0 Å². The summed E-state index contributed by atoms with van der Waals surface area (Å²) in [6.45, 7) is 6.75. The van der Waals surface area contributed by atoms with Crippen LogP contribution in [0.4, 0.5) is 11.1 Å². The summed E-state index contributed by atoms with van der Waals surface area (Å²) in [5.74, 6) is 1.22. The van der Waals surface area contributed by atoms with Crippen molar-refractivity contribution in [3.05, 3.63) is 23.3 Å². The standard InChI is InChI=1S/C15H21N7OS/c1-10-9-12(19-14(16-3)17-10)13(23)21-5-4-6-22(8-7-21)15-18-11(2)20-24-15/h9H,4-8H2,1-3H3,(H,16,17,19). The highest BCUT2D eigenvalue weighted by molar-refractivity contribution is 7.09. The first-order valence-corrected chi connectivity index (χ1v) is 8.72. The number of nitrogens with one attached hydrogen (secondary N) is 1. The van der Waals surface area contributed by atoms with Gasteiger partial charge in [-0.3, -0.25) is 4.79 Å². The first-order chi connectivity index (χ1) is 11.6. The zero-order valence-electron chi connectivity index (χ0n) is 14.1. The summed E-state index contributed by atoms with van der Waals surface area (Å²) in [5, 5.41) is 3.82. The van der Waals surface area contributed by atoms with Gasteiger partial charge in [0.1, 0.15) is 11.5 Å². The summed E-state index contributed by atoms with van der Waals surface area (Å²) in [6.07, 6.45) is 0.896. The van der Waals surface area contributed by atoms with Gasteiger partial charge in [0, 0.05) is 50.5 Å². The van der Waals surface area contributed by atoms with Gasteiger partial charge >= 0.3 is 0 Å². The molecule has 1 saturated heterocycles. The highest BCUT2D eigenvalue weighted by atomic mass is 32.1. The molecule has 3 heterocycles. The molecule has 2 aromatic rings. The summed E-state index contributed by atoms with van der Waals surface area (Å²) in [4.78, 5) is 29.8. The topological polar surface area (TPSA) is 87.1 Å². The third-order valence-electron chi connectivity index (χ3n) is 3.87. The Morgan fingerprint density at radius 1 is 1.17 bits per heavy atom. The molecule has 0 saturated carbocycles. The van der Waals surface area contributed by atoms with Crippen molar-refractivity contribution in [1.82, 2.24) is 24.2 Å². The van der Waals surface area contributed by atoms with E-state index in [0.29, 0.717) is 24.7 Å². The van der Waals surface area contributed by atoms with Gasteiger partial charge in [-0.05, 0) is 26.3 Å². The van der Waals surface area contributed by atoms with Gasteiger partial charge in [0.25, 0.3) is 5.91 Å². The smallest absolute Gasteiger partial charge is 0.272 e. The number of anilines is 2. The van der Waals surface area contributed by atoms with Crippen molar-refractivity contribution in [2.75, 3.05) is 43.4 Å². The molecule has 1 aliphatic heterocycles. The van der Waals surface area contributed by atoms with Gasteiger partial charge in [-0.2, -0.15) is 4.37 Å². The molecule has 0 aromatic carbocycles. The predicted octanol–water partition coefficient (Wildman–Crippen LogP) is 1.34. The molecular weight excluding hydrogens is 326 g/mol. The van der Waals surface area contributed by atoms with Crippen LogP contribution in [0, 0.1) is 13.8 Å². The van der Waals surface area contributed by atoms with E-state index < -0.39 is 0 Å². The predicted molar refractivity (Wildman–Crippen MR) is 93.7 cm³/mol. The summed E-state index contributed by atoms with van der Waals surface area (Å²) < 4.78 is 4.24. The van der Waals surface area contributed by atoms with Crippen LogP contribution in [0.1, 0.15) is 28.4 Å². The summed E-state index contributed by atoms with van der Waals surface area (Å²) in [7, 11) is 1.75. The lowest BCUT2D eigenvalue weighted by molar-refractivity contribution is 0.0761. The highest BCUT2D eigenvalue weighted by Gasteiger charge is 2.23. The minimum absolute atomic E-state index is 0.0488. The largest absolute Gasteiger partial charge is 0.357 e. The molecule has 8 nitrogen and oxygen atoms in total. The van der Waals surface area contributed by atoms with E-state index in [1.165, 1.54) is 11.5 Å². The Bertz CT molecular complexity index is 732. The fourth-order valence-electron chi connectivity index (χ4n) is 2.68. The fraction of sp³-hybridized carbons (Fsp3) is 0.533. The molecule has 1 fully saturated rings. The molecule has 0 unspecified atom stereocenters. The lowest BCUT2D eigenvalue weighted by Gasteiger charge is -2.21. The number of carbonyl (C=O) groups is 1. The third kappa shape index (κ3) is 3.61. The molecule has 0 bridgehead atoms. The summed E-state index contributed by atoms with van der Waals surface area (Å²) in [5.41, 5.74) is 1.21. The molecule has 24 heavy (non-hydrogen) atoms. The Hall–Kier alpha value is -2.29. The zero-order chi connectivity index (χ0) is 17.1. The number of aryl methyl sites for hydroxylation is 2. The second-order valence-electron chi connectivity index (χ2n) is 5.73. The van der Waals surface area contributed by atoms with Crippen molar-refractivity contribution in [3.63, 3.8) is 0 Å². The highest BCUT2D eigenvalue weighted by Crippen LogP contribution is 2.19. The van der Waals surface area contributed by atoms with Crippen LogP contribution in [0.15, 0.2) is 6.07 Å². The molecule has 1 amide bonds. The van der Waals surface area contributed by atoms with Crippen LogP contribution >= 0.6 is 11.5 Å². The number of hydrogen-bond acceptors (Lipinski definition) is 8. The number of hydrogen-bond donors (Lipinski definition) is 1. The van der Waals surface area contributed by atoms with E-state index in [-0.39, 0.29) is 5.91 Å². The van der Waals surface area contributed by atoms with E-state index in [1.54, 1.807) is 13.1 Å². The lowest BCUT2D eigenvalue weighted by atomic mass is 10.3. The normalized spacial score (nSPS) is 15.3. The molecule has 128 valence electrons. The van der Waals surface area contributed by atoms with Crippen LogP contribution in [0.5, 0.6) is 0 Å². The van der Waals surface area contributed by atoms with Gasteiger partial charge in [0.15, 0.2) is 0 Å². The maximum atomic E-state index is 12.8. The number of aromatic nitrogens is 4. The van der Waals surface area contributed by atoms with Gasteiger partial charge in [-0.25, -0.2) is 15.0 Å². The molecule has 0 aliphatic carbocycles. The van der Waals surface area contributed by atoms with Gasteiger partial charge in [0.2, 0.25) is 11.1 Å². The van der Waals surface area contributed by atoms with Crippen LogP contribution in [0.2, 0.25) is 0 Å². The van der Waals surface area contributed by atoms with Crippen molar-refractivity contribution < 1.29 is 4.79 Å². The van der Waals surface area contributed by atoms with Crippen molar-refractivity contribution in [2.24, 2.45) is 0 Å². The number of nitrogens with zero attached hydrogens (tertiary/aromatic N) is 6. The second kappa shape index (κ2) is 7.08. The van der Waals surface area contributed by atoms with Crippen molar-refractivity contribution in [1.29, 1.82) is 0 Å². The van der Waals surface area contributed by atoms with Gasteiger partial charge in [0.05, 0.1) is 0 Å². The van der Waals surface area contributed by atoms with Crippen LogP contribution in [0.3, 0.4) is 0 Å². The average molecular weight is 347 g/mol. The fourth-order valence-corrected chi connectivity index (χ4v) is 3.40. The lowest BCUT2D eigenvalue weighted by Crippen LogP contribution is -2.35. The molecular formula is C15H21N7OS.